The summed E-state index contributed by atoms with van der Waals surface area (Å²) in [7, 11) is 0. The molecule has 3 heterocycles. The van der Waals surface area contributed by atoms with E-state index in [1.54, 1.807) is 6.33 Å². The van der Waals surface area contributed by atoms with Crippen molar-refractivity contribution < 1.29 is 9.26 Å². The molecular weight excluding hydrogens is 296 g/mol. The highest BCUT2D eigenvalue weighted by Gasteiger charge is 2.28. The van der Waals surface area contributed by atoms with Gasteiger partial charge >= 0.3 is 0 Å². The number of hydrogen-bond acceptors (Lipinski definition) is 7. The van der Waals surface area contributed by atoms with Crippen molar-refractivity contribution in [3.05, 3.63) is 23.9 Å². The molecule has 1 atom stereocenters. The van der Waals surface area contributed by atoms with Gasteiger partial charge in [0, 0.05) is 25.0 Å². The van der Waals surface area contributed by atoms with E-state index in [0.29, 0.717) is 19.0 Å². The molecule has 1 saturated heterocycles. The molecule has 0 aromatic carbocycles. The maximum absolute atomic E-state index is 5.86. The molecule has 0 spiro atoms. The molecule has 1 aliphatic heterocycles. The van der Waals surface area contributed by atoms with Crippen LogP contribution in [-0.2, 0) is 23.2 Å². The molecule has 23 heavy (non-hydrogen) atoms. The second kappa shape index (κ2) is 6.37. The largest absolute Gasteiger partial charge is 0.368 e. The number of nitrogens with zero attached hydrogens (tertiary/aromatic N) is 6. The molecule has 2 aromatic rings. The van der Waals surface area contributed by atoms with E-state index in [1.165, 1.54) is 0 Å². The van der Waals surface area contributed by atoms with Crippen molar-refractivity contribution in [1.82, 2.24) is 29.8 Å². The molecule has 1 fully saturated rings. The average molecular weight is 320 g/mol. The first kappa shape index (κ1) is 16.1. The summed E-state index contributed by atoms with van der Waals surface area (Å²) in [5, 5.41) is 12.3. The van der Waals surface area contributed by atoms with Gasteiger partial charge in [-0.25, -0.2) is 0 Å². The summed E-state index contributed by atoms with van der Waals surface area (Å²) < 4.78 is 13.3. The number of ether oxygens (including phenoxy) is 1. The molecule has 0 unspecified atom stereocenters. The summed E-state index contributed by atoms with van der Waals surface area (Å²) in [6.07, 6.45) is 1.67. The maximum atomic E-state index is 5.86. The van der Waals surface area contributed by atoms with Crippen LogP contribution in [0.15, 0.2) is 10.9 Å². The number of rotatable bonds is 4. The summed E-state index contributed by atoms with van der Waals surface area (Å²) in [6, 6.07) is 0. The van der Waals surface area contributed by atoms with E-state index in [2.05, 4.69) is 52.9 Å². The Morgan fingerprint density at radius 3 is 2.87 bits per heavy atom. The van der Waals surface area contributed by atoms with Crippen LogP contribution < -0.4 is 0 Å². The van der Waals surface area contributed by atoms with E-state index in [0.717, 1.165) is 31.3 Å². The Bertz CT molecular complexity index is 644. The molecule has 0 aliphatic carbocycles. The van der Waals surface area contributed by atoms with Crippen molar-refractivity contribution in [3.63, 3.8) is 0 Å². The smallest absolute Gasteiger partial charge is 0.240 e. The van der Waals surface area contributed by atoms with Crippen LogP contribution in [0.2, 0.25) is 0 Å². The van der Waals surface area contributed by atoms with Crippen LogP contribution in [0.4, 0.5) is 0 Å². The van der Waals surface area contributed by atoms with Gasteiger partial charge in [0.05, 0.1) is 13.2 Å². The quantitative estimate of drug-likeness (QED) is 0.845. The Hall–Kier alpha value is -1.80. The zero-order chi connectivity index (χ0) is 16.4. The molecule has 2 aromatic heterocycles. The average Bonchev–Trinajstić information content (AvgIpc) is 3.15. The first-order chi connectivity index (χ1) is 11.0. The fourth-order valence-electron chi connectivity index (χ4n) is 2.57. The van der Waals surface area contributed by atoms with Gasteiger partial charge in [0.1, 0.15) is 12.4 Å². The third-order valence-corrected chi connectivity index (χ3v) is 3.92. The van der Waals surface area contributed by atoms with E-state index < -0.39 is 0 Å². The van der Waals surface area contributed by atoms with Gasteiger partial charge in [-0.3, -0.25) is 4.90 Å². The lowest BCUT2D eigenvalue weighted by molar-refractivity contribution is -0.0414. The Morgan fingerprint density at radius 2 is 2.17 bits per heavy atom. The number of aromatic nitrogens is 5. The summed E-state index contributed by atoms with van der Waals surface area (Å²) in [6.45, 7) is 12.0. The van der Waals surface area contributed by atoms with Gasteiger partial charge < -0.3 is 13.8 Å². The Kier molecular flexibility index (Phi) is 4.45. The number of aryl methyl sites for hydroxylation is 1. The first-order valence-corrected chi connectivity index (χ1v) is 8.02. The highest BCUT2D eigenvalue weighted by atomic mass is 16.5. The lowest BCUT2D eigenvalue weighted by Crippen LogP contribution is -2.38. The fourth-order valence-corrected chi connectivity index (χ4v) is 2.57. The Labute approximate surface area is 135 Å². The summed E-state index contributed by atoms with van der Waals surface area (Å²) >= 11 is 0. The van der Waals surface area contributed by atoms with Crippen molar-refractivity contribution >= 4 is 0 Å². The van der Waals surface area contributed by atoms with Crippen LogP contribution in [0.1, 0.15) is 51.3 Å². The van der Waals surface area contributed by atoms with Crippen LogP contribution in [0.3, 0.4) is 0 Å². The normalized spacial score (nSPS) is 20.1. The van der Waals surface area contributed by atoms with Gasteiger partial charge in [-0.1, -0.05) is 25.9 Å². The molecule has 0 radical (unpaired) electrons. The second-order valence-corrected chi connectivity index (χ2v) is 6.83. The topological polar surface area (TPSA) is 82.1 Å². The summed E-state index contributed by atoms with van der Waals surface area (Å²) in [4.78, 5) is 6.76. The van der Waals surface area contributed by atoms with Gasteiger partial charge in [0.15, 0.2) is 11.6 Å². The summed E-state index contributed by atoms with van der Waals surface area (Å²) in [5.74, 6) is 2.26. The van der Waals surface area contributed by atoms with Crippen molar-refractivity contribution in [2.24, 2.45) is 0 Å². The molecule has 1 aliphatic rings. The minimum Gasteiger partial charge on any atom is -0.368 e. The Balaban J connectivity index is 1.66. The minimum absolute atomic E-state index is 0.0730. The SMILES string of the molecule is CCn1cnnc1[C@@H]1CN(Cc2nc(C(C)(C)C)no2)CCO1. The van der Waals surface area contributed by atoms with Crippen LogP contribution in [0, 0.1) is 0 Å². The highest BCUT2D eigenvalue weighted by molar-refractivity contribution is 5.00. The van der Waals surface area contributed by atoms with Crippen LogP contribution >= 0.6 is 0 Å². The van der Waals surface area contributed by atoms with Crippen molar-refractivity contribution in [1.29, 1.82) is 0 Å². The molecule has 8 heteroatoms. The van der Waals surface area contributed by atoms with Crippen LogP contribution in [-0.4, -0.2) is 49.5 Å². The lowest BCUT2D eigenvalue weighted by atomic mass is 9.96. The molecule has 8 nitrogen and oxygen atoms in total. The van der Waals surface area contributed by atoms with Gasteiger partial charge in [-0.2, -0.15) is 4.98 Å². The van der Waals surface area contributed by atoms with E-state index in [1.807, 2.05) is 4.57 Å². The van der Waals surface area contributed by atoms with E-state index >= 15 is 0 Å². The van der Waals surface area contributed by atoms with Crippen molar-refractivity contribution in [3.8, 4) is 0 Å². The van der Waals surface area contributed by atoms with E-state index in [4.69, 9.17) is 9.26 Å². The van der Waals surface area contributed by atoms with Crippen molar-refractivity contribution in [2.75, 3.05) is 19.7 Å². The van der Waals surface area contributed by atoms with Crippen molar-refractivity contribution in [2.45, 2.75) is 52.3 Å². The minimum atomic E-state index is -0.104. The van der Waals surface area contributed by atoms with E-state index in [-0.39, 0.29) is 11.5 Å². The molecular formula is C15H24N6O2. The molecule has 0 N–H and O–H groups in total. The van der Waals surface area contributed by atoms with Crippen LogP contribution in [0.5, 0.6) is 0 Å². The standard InChI is InChI=1S/C15H24N6O2/c1-5-21-10-16-18-13(21)11-8-20(6-7-22-11)9-12-17-14(19-23-12)15(2,3)4/h10-11H,5-9H2,1-4H3/t11-/m0/s1. The number of hydrogen-bond donors (Lipinski definition) is 0. The third kappa shape index (κ3) is 3.59. The van der Waals surface area contributed by atoms with Gasteiger partial charge in [0.2, 0.25) is 5.89 Å². The zero-order valence-electron chi connectivity index (χ0n) is 14.2. The lowest BCUT2D eigenvalue weighted by Gasteiger charge is -2.31. The monoisotopic (exact) mass is 320 g/mol. The summed E-state index contributed by atoms with van der Waals surface area (Å²) in [5.41, 5.74) is -0.104. The predicted octanol–water partition coefficient (Wildman–Crippen LogP) is 1.55. The number of morpholine rings is 1. The highest BCUT2D eigenvalue weighted by Crippen LogP contribution is 2.23. The third-order valence-electron chi connectivity index (χ3n) is 3.92. The predicted molar refractivity (Wildman–Crippen MR) is 82.7 cm³/mol. The second-order valence-electron chi connectivity index (χ2n) is 6.83. The molecule has 0 amide bonds. The zero-order valence-corrected chi connectivity index (χ0v) is 14.2. The molecule has 0 saturated carbocycles. The molecule has 3 rings (SSSR count). The maximum Gasteiger partial charge on any atom is 0.240 e. The molecule has 126 valence electrons. The molecule has 0 bridgehead atoms. The Morgan fingerprint density at radius 1 is 1.35 bits per heavy atom. The van der Waals surface area contributed by atoms with Gasteiger partial charge in [0.25, 0.3) is 0 Å². The fraction of sp³-hybridized carbons (Fsp3) is 0.733. The van der Waals surface area contributed by atoms with Gasteiger partial charge in [-0.15, -0.1) is 10.2 Å². The first-order valence-electron chi connectivity index (χ1n) is 8.02. The van der Waals surface area contributed by atoms with Gasteiger partial charge in [-0.05, 0) is 6.92 Å². The van der Waals surface area contributed by atoms with E-state index in [9.17, 15) is 0 Å². The van der Waals surface area contributed by atoms with Crippen LogP contribution in [0.25, 0.3) is 0 Å².